The lowest BCUT2D eigenvalue weighted by molar-refractivity contribution is -0.121. The van der Waals surface area contributed by atoms with Crippen LogP contribution >= 0.6 is 0 Å². The van der Waals surface area contributed by atoms with Crippen LogP contribution in [-0.2, 0) is 11.2 Å². The van der Waals surface area contributed by atoms with Gasteiger partial charge in [-0.2, -0.15) is 0 Å². The second-order valence-corrected chi connectivity index (χ2v) is 6.07. The minimum absolute atomic E-state index is 0.138. The van der Waals surface area contributed by atoms with Crippen molar-refractivity contribution in [2.45, 2.75) is 57.0 Å². The van der Waals surface area contributed by atoms with Gasteiger partial charge in [-0.3, -0.25) is 4.79 Å². The molecule has 3 rings (SSSR count). The standard InChI is InChI=1S/C17H24N2O/c20-17(12-18-14-8-2-3-9-14)19-16-11-5-7-13-6-1-4-10-15(13)16/h1,4,6,10,14,16,18H,2-3,5,7-9,11-12H2,(H,19,20). The van der Waals surface area contributed by atoms with Crippen LogP contribution in [0.2, 0.25) is 0 Å². The van der Waals surface area contributed by atoms with Gasteiger partial charge >= 0.3 is 0 Å². The van der Waals surface area contributed by atoms with Gasteiger partial charge in [-0.1, -0.05) is 37.1 Å². The molecular weight excluding hydrogens is 248 g/mol. The third kappa shape index (κ3) is 3.21. The van der Waals surface area contributed by atoms with Gasteiger partial charge in [0.25, 0.3) is 0 Å². The van der Waals surface area contributed by atoms with E-state index in [0.717, 1.165) is 19.3 Å². The number of fused-ring (bicyclic) bond motifs is 1. The fraction of sp³-hybridized carbons (Fsp3) is 0.588. The van der Waals surface area contributed by atoms with E-state index in [0.29, 0.717) is 12.6 Å². The summed E-state index contributed by atoms with van der Waals surface area (Å²) in [4.78, 5) is 12.1. The average Bonchev–Trinajstić information content (AvgIpc) is 2.99. The molecule has 2 aliphatic carbocycles. The van der Waals surface area contributed by atoms with Gasteiger partial charge in [0, 0.05) is 6.04 Å². The summed E-state index contributed by atoms with van der Waals surface area (Å²) in [6.45, 7) is 0.462. The number of carbonyl (C=O) groups is 1. The highest BCUT2D eigenvalue weighted by Crippen LogP contribution is 2.29. The first-order chi connectivity index (χ1) is 9.83. The second kappa shape index (κ2) is 6.40. The van der Waals surface area contributed by atoms with Gasteiger partial charge in [0.2, 0.25) is 5.91 Å². The van der Waals surface area contributed by atoms with E-state index in [9.17, 15) is 4.79 Å². The SMILES string of the molecule is O=C(CNC1CCCC1)NC1CCCc2ccccc21. The molecule has 0 heterocycles. The predicted molar refractivity (Wildman–Crippen MR) is 80.5 cm³/mol. The largest absolute Gasteiger partial charge is 0.348 e. The molecule has 2 N–H and O–H groups in total. The van der Waals surface area contributed by atoms with E-state index in [2.05, 4.69) is 34.9 Å². The Morgan fingerprint density at radius 3 is 2.75 bits per heavy atom. The van der Waals surface area contributed by atoms with Crippen LogP contribution in [0.25, 0.3) is 0 Å². The lowest BCUT2D eigenvalue weighted by Gasteiger charge is -2.26. The third-order valence-electron chi connectivity index (χ3n) is 4.61. The van der Waals surface area contributed by atoms with Crippen LogP contribution in [0.3, 0.4) is 0 Å². The van der Waals surface area contributed by atoms with Crippen molar-refractivity contribution in [3.8, 4) is 0 Å². The maximum absolute atomic E-state index is 12.1. The Labute approximate surface area is 121 Å². The van der Waals surface area contributed by atoms with Crippen LogP contribution in [0.4, 0.5) is 0 Å². The molecule has 1 atom stereocenters. The molecule has 1 aromatic carbocycles. The van der Waals surface area contributed by atoms with E-state index in [1.54, 1.807) is 0 Å². The molecule has 0 aromatic heterocycles. The molecule has 1 fully saturated rings. The third-order valence-corrected chi connectivity index (χ3v) is 4.61. The van der Waals surface area contributed by atoms with Crippen LogP contribution in [0, 0.1) is 0 Å². The fourth-order valence-electron chi connectivity index (χ4n) is 3.52. The van der Waals surface area contributed by atoms with E-state index < -0.39 is 0 Å². The molecule has 1 amide bonds. The molecular formula is C17H24N2O. The maximum Gasteiger partial charge on any atom is 0.234 e. The summed E-state index contributed by atoms with van der Waals surface area (Å²) in [5, 5.41) is 6.58. The number of nitrogens with one attached hydrogen (secondary N) is 2. The van der Waals surface area contributed by atoms with E-state index in [1.807, 2.05) is 0 Å². The summed E-state index contributed by atoms with van der Waals surface area (Å²) < 4.78 is 0. The summed E-state index contributed by atoms with van der Waals surface area (Å²) in [6.07, 6.45) is 8.41. The van der Waals surface area contributed by atoms with E-state index >= 15 is 0 Å². The maximum atomic E-state index is 12.1. The van der Waals surface area contributed by atoms with Crippen LogP contribution in [0.5, 0.6) is 0 Å². The van der Waals surface area contributed by atoms with Crippen molar-refractivity contribution >= 4 is 5.91 Å². The quantitative estimate of drug-likeness (QED) is 0.885. The zero-order valence-corrected chi connectivity index (χ0v) is 12.0. The Bertz CT molecular complexity index is 466. The number of amides is 1. The van der Waals surface area contributed by atoms with Gasteiger partial charge in [-0.15, -0.1) is 0 Å². The van der Waals surface area contributed by atoms with Gasteiger partial charge in [-0.25, -0.2) is 0 Å². The highest BCUT2D eigenvalue weighted by atomic mass is 16.2. The lowest BCUT2D eigenvalue weighted by atomic mass is 9.88. The van der Waals surface area contributed by atoms with Gasteiger partial charge in [0.05, 0.1) is 12.6 Å². The van der Waals surface area contributed by atoms with Crippen molar-refractivity contribution in [2.75, 3.05) is 6.54 Å². The molecule has 2 aliphatic rings. The normalized spacial score (nSPS) is 22.5. The fourth-order valence-corrected chi connectivity index (χ4v) is 3.52. The van der Waals surface area contributed by atoms with Crippen LogP contribution in [-0.4, -0.2) is 18.5 Å². The second-order valence-electron chi connectivity index (χ2n) is 6.07. The van der Waals surface area contributed by atoms with Gasteiger partial charge in [0.15, 0.2) is 0 Å². The predicted octanol–water partition coefficient (Wildman–Crippen LogP) is 2.71. The number of carbonyl (C=O) groups excluding carboxylic acids is 1. The molecule has 0 aliphatic heterocycles. The highest BCUT2D eigenvalue weighted by molar-refractivity contribution is 5.78. The Morgan fingerprint density at radius 1 is 1.10 bits per heavy atom. The smallest absolute Gasteiger partial charge is 0.234 e. The topological polar surface area (TPSA) is 41.1 Å². The van der Waals surface area contributed by atoms with E-state index in [-0.39, 0.29) is 11.9 Å². The van der Waals surface area contributed by atoms with Crippen molar-refractivity contribution in [3.05, 3.63) is 35.4 Å². The first-order valence-electron chi connectivity index (χ1n) is 7.93. The van der Waals surface area contributed by atoms with Crippen molar-refractivity contribution in [1.29, 1.82) is 0 Å². The van der Waals surface area contributed by atoms with Crippen LogP contribution < -0.4 is 10.6 Å². The zero-order chi connectivity index (χ0) is 13.8. The number of aryl methyl sites for hydroxylation is 1. The lowest BCUT2D eigenvalue weighted by Crippen LogP contribution is -2.40. The first kappa shape index (κ1) is 13.6. The Balaban J connectivity index is 1.54. The monoisotopic (exact) mass is 272 g/mol. The average molecular weight is 272 g/mol. The Kier molecular flexibility index (Phi) is 4.36. The molecule has 0 spiro atoms. The minimum atomic E-state index is 0.138. The summed E-state index contributed by atoms with van der Waals surface area (Å²) in [7, 11) is 0. The highest BCUT2D eigenvalue weighted by Gasteiger charge is 2.22. The summed E-state index contributed by atoms with van der Waals surface area (Å²) in [6, 6.07) is 9.26. The molecule has 108 valence electrons. The molecule has 1 saturated carbocycles. The zero-order valence-electron chi connectivity index (χ0n) is 12.0. The summed E-state index contributed by atoms with van der Waals surface area (Å²) in [5.74, 6) is 0.138. The van der Waals surface area contributed by atoms with Crippen molar-refractivity contribution in [3.63, 3.8) is 0 Å². The van der Waals surface area contributed by atoms with Crippen molar-refractivity contribution in [1.82, 2.24) is 10.6 Å². The van der Waals surface area contributed by atoms with Crippen molar-refractivity contribution in [2.24, 2.45) is 0 Å². The molecule has 0 bridgehead atoms. The van der Waals surface area contributed by atoms with E-state index in [4.69, 9.17) is 0 Å². The molecule has 3 nitrogen and oxygen atoms in total. The number of hydrogen-bond acceptors (Lipinski definition) is 2. The molecule has 0 saturated heterocycles. The number of rotatable bonds is 4. The Hall–Kier alpha value is -1.35. The summed E-state index contributed by atoms with van der Waals surface area (Å²) in [5.41, 5.74) is 2.71. The minimum Gasteiger partial charge on any atom is -0.348 e. The van der Waals surface area contributed by atoms with Crippen molar-refractivity contribution < 1.29 is 4.79 Å². The van der Waals surface area contributed by atoms with Gasteiger partial charge in [-0.05, 0) is 43.2 Å². The van der Waals surface area contributed by atoms with Crippen LogP contribution in [0.15, 0.2) is 24.3 Å². The van der Waals surface area contributed by atoms with Gasteiger partial charge in [0.1, 0.15) is 0 Å². The molecule has 0 radical (unpaired) electrons. The molecule has 3 heteroatoms. The molecule has 1 aromatic rings. The molecule has 1 unspecified atom stereocenters. The van der Waals surface area contributed by atoms with Crippen LogP contribution in [0.1, 0.15) is 55.7 Å². The number of hydrogen-bond donors (Lipinski definition) is 2. The Morgan fingerprint density at radius 2 is 1.90 bits per heavy atom. The van der Waals surface area contributed by atoms with E-state index in [1.165, 1.54) is 36.8 Å². The summed E-state index contributed by atoms with van der Waals surface area (Å²) >= 11 is 0. The number of benzene rings is 1. The molecule has 20 heavy (non-hydrogen) atoms. The first-order valence-corrected chi connectivity index (χ1v) is 7.93. The van der Waals surface area contributed by atoms with Gasteiger partial charge < -0.3 is 10.6 Å².